The van der Waals surface area contributed by atoms with Gasteiger partial charge in [-0.05, 0) is 12.5 Å². The summed E-state index contributed by atoms with van der Waals surface area (Å²) in [4.78, 5) is 34.6. The number of nitro benzene ring substituents is 1. The Morgan fingerprint density at radius 2 is 2.26 bits per heavy atom. The van der Waals surface area contributed by atoms with Gasteiger partial charge < -0.3 is 16.0 Å². The fourth-order valence-electron chi connectivity index (χ4n) is 2.43. The van der Waals surface area contributed by atoms with Gasteiger partial charge in [0, 0.05) is 38.2 Å². The second kappa shape index (κ2) is 7.28. The van der Waals surface area contributed by atoms with E-state index in [1.807, 2.05) is 0 Å². The lowest BCUT2D eigenvalue weighted by Gasteiger charge is -2.16. The zero-order chi connectivity index (χ0) is 17.0. The Kier molecular flexibility index (Phi) is 5.38. The van der Waals surface area contributed by atoms with Gasteiger partial charge in [-0.15, -0.1) is 0 Å². The van der Waals surface area contributed by atoms with Crippen molar-refractivity contribution in [2.75, 3.05) is 25.0 Å². The van der Waals surface area contributed by atoms with Crippen molar-refractivity contribution in [3.63, 3.8) is 0 Å². The Morgan fingerprint density at radius 1 is 1.52 bits per heavy atom. The topological polar surface area (TPSA) is 119 Å². The van der Waals surface area contributed by atoms with E-state index in [4.69, 9.17) is 17.3 Å². The van der Waals surface area contributed by atoms with Crippen LogP contribution in [0.15, 0.2) is 18.2 Å². The number of primary amides is 1. The van der Waals surface area contributed by atoms with Crippen molar-refractivity contribution in [1.82, 2.24) is 4.90 Å². The van der Waals surface area contributed by atoms with E-state index in [0.29, 0.717) is 31.7 Å². The van der Waals surface area contributed by atoms with Crippen LogP contribution in [-0.4, -0.2) is 41.3 Å². The first-order chi connectivity index (χ1) is 10.9. The summed E-state index contributed by atoms with van der Waals surface area (Å²) in [5.74, 6) is -0.918. The first kappa shape index (κ1) is 17.0. The average Bonchev–Trinajstić information content (AvgIpc) is 2.86. The maximum absolute atomic E-state index is 11.7. The van der Waals surface area contributed by atoms with Gasteiger partial charge in [-0.1, -0.05) is 11.6 Å². The van der Waals surface area contributed by atoms with E-state index in [1.165, 1.54) is 12.1 Å². The minimum atomic E-state index is -0.510. The fraction of sp³-hybridized carbons (Fsp3) is 0.429. The third kappa shape index (κ3) is 4.32. The van der Waals surface area contributed by atoms with Crippen LogP contribution in [0.5, 0.6) is 0 Å². The molecule has 1 atom stereocenters. The number of hydrogen-bond donors (Lipinski definition) is 2. The molecule has 0 bridgehead atoms. The highest BCUT2D eigenvalue weighted by Crippen LogP contribution is 2.26. The number of anilines is 1. The molecule has 1 saturated heterocycles. The van der Waals surface area contributed by atoms with Crippen molar-refractivity contribution in [3.05, 3.63) is 33.3 Å². The standard InChI is InChI=1S/C14H17ClN4O4/c15-11-7-10(19(22)23)2-3-12(11)17-4-1-5-18-8-9(14(16)21)6-13(18)20/h2-3,7,9,17H,1,4-6,8H2,(H2,16,21). The van der Waals surface area contributed by atoms with Gasteiger partial charge in [0.05, 0.1) is 21.6 Å². The van der Waals surface area contributed by atoms with Crippen LogP contribution in [0.25, 0.3) is 0 Å². The van der Waals surface area contributed by atoms with Crippen LogP contribution in [0.2, 0.25) is 5.02 Å². The number of nitrogens with two attached hydrogens (primary N) is 1. The molecule has 1 aromatic rings. The summed E-state index contributed by atoms with van der Waals surface area (Å²) in [6, 6.07) is 4.20. The normalized spacial score (nSPS) is 17.3. The summed E-state index contributed by atoms with van der Waals surface area (Å²) in [6.45, 7) is 1.43. The number of benzene rings is 1. The van der Waals surface area contributed by atoms with Crippen molar-refractivity contribution >= 4 is 34.8 Å². The largest absolute Gasteiger partial charge is 0.384 e. The summed E-state index contributed by atoms with van der Waals surface area (Å²) in [5.41, 5.74) is 5.74. The summed E-state index contributed by atoms with van der Waals surface area (Å²) >= 11 is 5.97. The van der Waals surface area contributed by atoms with E-state index >= 15 is 0 Å². The van der Waals surface area contributed by atoms with Gasteiger partial charge in [0.2, 0.25) is 11.8 Å². The van der Waals surface area contributed by atoms with Gasteiger partial charge in [-0.25, -0.2) is 0 Å². The summed E-state index contributed by atoms with van der Waals surface area (Å²) < 4.78 is 0. The summed E-state index contributed by atoms with van der Waals surface area (Å²) in [7, 11) is 0. The number of hydrogen-bond acceptors (Lipinski definition) is 5. The van der Waals surface area contributed by atoms with Crippen LogP contribution in [0.3, 0.4) is 0 Å². The number of halogens is 1. The van der Waals surface area contributed by atoms with Crippen molar-refractivity contribution in [2.24, 2.45) is 11.7 Å². The predicted octanol–water partition coefficient (Wildman–Crippen LogP) is 1.38. The van der Waals surface area contributed by atoms with E-state index < -0.39 is 16.7 Å². The third-order valence-corrected chi connectivity index (χ3v) is 4.01. The molecule has 8 nitrogen and oxygen atoms in total. The van der Waals surface area contributed by atoms with Gasteiger partial charge >= 0.3 is 0 Å². The number of non-ortho nitro benzene ring substituents is 1. The molecule has 1 heterocycles. The molecule has 0 spiro atoms. The second-order valence-corrected chi connectivity index (χ2v) is 5.75. The Balaban J connectivity index is 1.79. The molecule has 0 radical (unpaired) electrons. The summed E-state index contributed by atoms with van der Waals surface area (Å²) in [6.07, 6.45) is 0.835. The van der Waals surface area contributed by atoms with Gasteiger partial charge in [0.25, 0.3) is 5.69 Å². The molecule has 3 N–H and O–H groups in total. The van der Waals surface area contributed by atoms with Crippen LogP contribution in [0, 0.1) is 16.0 Å². The molecule has 2 rings (SSSR count). The molecule has 1 aliphatic rings. The van der Waals surface area contributed by atoms with Crippen molar-refractivity contribution in [1.29, 1.82) is 0 Å². The molecule has 1 unspecified atom stereocenters. The Hall–Kier alpha value is -2.35. The molecule has 2 amide bonds. The zero-order valence-corrected chi connectivity index (χ0v) is 13.1. The second-order valence-electron chi connectivity index (χ2n) is 5.34. The van der Waals surface area contributed by atoms with Crippen LogP contribution in [0.4, 0.5) is 11.4 Å². The van der Waals surface area contributed by atoms with Crippen molar-refractivity contribution in [2.45, 2.75) is 12.8 Å². The molecule has 1 fully saturated rings. The molecular formula is C14H17ClN4O4. The van der Waals surface area contributed by atoms with Gasteiger partial charge in [0.15, 0.2) is 0 Å². The number of likely N-dealkylation sites (tertiary alicyclic amines) is 1. The monoisotopic (exact) mass is 340 g/mol. The molecule has 0 aliphatic carbocycles. The fourth-order valence-corrected chi connectivity index (χ4v) is 2.67. The van der Waals surface area contributed by atoms with Crippen molar-refractivity contribution in [3.8, 4) is 0 Å². The minimum Gasteiger partial charge on any atom is -0.384 e. The van der Waals surface area contributed by atoms with Crippen LogP contribution < -0.4 is 11.1 Å². The number of carbonyl (C=O) groups is 2. The SMILES string of the molecule is NC(=O)C1CC(=O)N(CCCNc2ccc([N+](=O)[O-])cc2Cl)C1. The van der Waals surface area contributed by atoms with Gasteiger partial charge in [0.1, 0.15) is 0 Å². The molecule has 0 saturated carbocycles. The first-order valence-electron chi connectivity index (χ1n) is 7.13. The van der Waals surface area contributed by atoms with E-state index in [9.17, 15) is 19.7 Å². The smallest absolute Gasteiger partial charge is 0.271 e. The Bertz CT molecular complexity index is 637. The van der Waals surface area contributed by atoms with Crippen molar-refractivity contribution < 1.29 is 14.5 Å². The highest BCUT2D eigenvalue weighted by Gasteiger charge is 2.32. The maximum atomic E-state index is 11.7. The third-order valence-electron chi connectivity index (χ3n) is 3.70. The molecule has 124 valence electrons. The Morgan fingerprint density at radius 3 is 2.83 bits per heavy atom. The minimum absolute atomic E-state index is 0.0674. The van der Waals surface area contributed by atoms with Gasteiger partial charge in [-0.3, -0.25) is 19.7 Å². The number of nitrogens with zero attached hydrogens (tertiary/aromatic N) is 2. The first-order valence-corrected chi connectivity index (χ1v) is 7.51. The highest BCUT2D eigenvalue weighted by atomic mass is 35.5. The number of nitrogens with one attached hydrogen (secondary N) is 1. The molecule has 23 heavy (non-hydrogen) atoms. The zero-order valence-electron chi connectivity index (χ0n) is 12.3. The van der Waals surface area contributed by atoms with E-state index in [-0.39, 0.29) is 23.0 Å². The number of nitro groups is 1. The predicted molar refractivity (Wildman–Crippen MR) is 85.1 cm³/mol. The Labute approximate surface area is 137 Å². The molecule has 0 aromatic heterocycles. The lowest BCUT2D eigenvalue weighted by molar-refractivity contribution is -0.384. The summed E-state index contributed by atoms with van der Waals surface area (Å²) in [5, 5.41) is 14.0. The quantitative estimate of drug-likeness (QED) is 0.441. The van der Waals surface area contributed by atoms with E-state index in [0.717, 1.165) is 0 Å². The van der Waals surface area contributed by atoms with Crippen LogP contribution in [0.1, 0.15) is 12.8 Å². The molecule has 1 aliphatic heterocycles. The number of carbonyl (C=O) groups excluding carboxylic acids is 2. The number of amides is 2. The van der Waals surface area contributed by atoms with Crippen LogP contribution in [-0.2, 0) is 9.59 Å². The molecule has 1 aromatic carbocycles. The average molecular weight is 341 g/mol. The van der Waals surface area contributed by atoms with E-state index in [2.05, 4.69) is 5.32 Å². The maximum Gasteiger partial charge on any atom is 0.271 e. The number of rotatable bonds is 7. The van der Waals surface area contributed by atoms with Crippen LogP contribution >= 0.6 is 11.6 Å². The van der Waals surface area contributed by atoms with Gasteiger partial charge in [-0.2, -0.15) is 0 Å². The molecule has 9 heteroatoms. The molecular weight excluding hydrogens is 324 g/mol. The highest BCUT2D eigenvalue weighted by molar-refractivity contribution is 6.33. The lowest BCUT2D eigenvalue weighted by atomic mass is 10.1. The lowest BCUT2D eigenvalue weighted by Crippen LogP contribution is -2.30. The van der Waals surface area contributed by atoms with E-state index in [1.54, 1.807) is 11.0 Å².